The van der Waals surface area contributed by atoms with Gasteiger partial charge < -0.3 is 14.7 Å². The first-order chi connectivity index (χ1) is 33.3. The number of hydrogen-bond acceptors (Lipinski definition) is 3. The van der Waals surface area contributed by atoms with Crippen LogP contribution < -0.4 is 31.1 Å². The highest BCUT2D eigenvalue weighted by Crippen LogP contribution is 2.50. The zero-order valence-corrected chi connectivity index (χ0v) is 47.6. The molecule has 0 aromatic heterocycles. The minimum Gasteiger partial charge on any atom is -0.311 e. The third-order valence-corrected chi connectivity index (χ3v) is 15.6. The maximum atomic E-state index is 2.65. The molecule has 2 aliphatic rings. The second-order valence-electron chi connectivity index (χ2n) is 27.5. The third kappa shape index (κ3) is 9.22. The van der Waals surface area contributed by atoms with E-state index in [1.54, 1.807) is 0 Å². The number of hydrogen-bond donors (Lipinski definition) is 0. The molecule has 0 saturated heterocycles. The van der Waals surface area contributed by atoms with Gasteiger partial charge in [-0.1, -0.05) is 191 Å². The quantitative estimate of drug-likeness (QED) is 0.159. The van der Waals surface area contributed by atoms with Crippen LogP contribution in [-0.2, 0) is 32.5 Å². The molecule has 0 N–H and O–H groups in total. The first-order valence-corrected chi connectivity index (χ1v) is 26.6. The predicted octanol–water partition coefficient (Wildman–Crippen LogP) is 17.6. The molecule has 0 saturated carbocycles. The van der Waals surface area contributed by atoms with Crippen LogP contribution in [0.3, 0.4) is 0 Å². The van der Waals surface area contributed by atoms with E-state index in [0.29, 0.717) is 0 Å². The minimum atomic E-state index is -0.137. The molecule has 3 nitrogen and oxygen atoms in total. The highest BCUT2D eigenvalue weighted by Gasteiger charge is 2.45. The maximum Gasteiger partial charge on any atom is 0.252 e. The molecule has 0 fully saturated rings. The Kier molecular flexibility index (Phi) is 12.2. The van der Waals surface area contributed by atoms with Crippen molar-refractivity contribution in [1.82, 2.24) is 0 Å². The van der Waals surface area contributed by atoms with Crippen molar-refractivity contribution in [1.29, 1.82) is 0 Å². The van der Waals surface area contributed by atoms with E-state index in [1.165, 1.54) is 89.3 Å². The zero-order valence-electron chi connectivity index (χ0n) is 47.6. The van der Waals surface area contributed by atoms with Crippen LogP contribution >= 0.6 is 0 Å². The first-order valence-electron chi connectivity index (χ1n) is 26.6. The van der Waals surface area contributed by atoms with E-state index >= 15 is 0 Å². The molecule has 372 valence electrons. The van der Waals surface area contributed by atoms with Crippen LogP contribution in [-0.4, -0.2) is 6.71 Å². The van der Waals surface area contributed by atoms with Gasteiger partial charge in [-0.25, -0.2) is 0 Å². The Morgan fingerprint density at radius 1 is 0.319 bits per heavy atom. The molecule has 0 atom stereocenters. The summed E-state index contributed by atoms with van der Waals surface area (Å²) in [7, 11) is 0. The summed E-state index contributed by atoms with van der Waals surface area (Å²) >= 11 is 0. The molecule has 2 heterocycles. The molecule has 4 heteroatoms. The largest absolute Gasteiger partial charge is 0.311 e. The second kappa shape index (κ2) is 17.3. The van der Waals surface area contributed by atoms with Crippen molar-refractivity contribution in [3.8, 4) is 0 Å². The Labute approximate surface area is 435 Å². The number of aryl methyl sites for hydroxylation is 2. The van der Waals surface area contributed by atoms with Gasteiger partial charge in [-0.3, -0.25) is 0 Å². The Bertz CT molecular complexity index is 3100. The zero-order chi connectivity index (χ0) is 52.4. The number of benzene rings is 7. The summed E-state index contributed by atoms with van der Waals surface area (Å²) in [5.74, 6) is 0. The molecule has 0 radical (unpaired) electrons. The summed E-state index contributed by atoms with van der Waals surface area (Å²) in [6.07, 6.45) is 0. The standard InChI is InChI=1S/C68H82BN3/c1-43-37-49(67(15,16)17)38-44(2)62(43)72-57-36-27-48(66(12,13)14)39-56(57)69-55-35-34-54(70(51-28-21-45(22-29-51)63(3,4)5)52-30-23-46(24-31-52)64(6,7)8)42-58(55)71(53-32-25-47(26-33-53)65(9,10)11)59-40-50(68(18,19)20)41-60(72)61(59)69/h21-42H,1-20H3. The van der Waals surface area contributed by atoms with Gasteiger partial charge in [0.15, 0.2) is 0 Å². The van der Waals surface area contributed by atoms with E-state index in [9.17, 15) is 0 Å². The second-order valence-corrected chi connectivity index (χ2v) is 27.5. The summed E-state index contributed by atoms with van der Waals surface area (Å²) < 4.78 is 0. The van der Waals surface area contributed by atoms with E-state index in [0.717, 1.165) is 22.7 Å². The molecular weight excluding hydrogens is 870 g/mol. The van der Waals surface area contributed by atoms with Crippen LogP contribution in [0.4, 0.5) is 51.2 Å². The number of nitrogens with zero attached hydrogens (tertiary/aromatic N) is 3. The van der Waals surface area contributed by atoms with Gasteiger partial charge in [0, 0.05) is 45.5 Å². The SMILES string of the molecule is Cc1cc(C(C)(C)C)cc(C)c1N1c2ccc(C(C)(C)C)cc2B2c3ccc(N(c4ccc(C(C)(C)C)cc4)c4ccc(C(C)(C)C)cc4)cc3N(c3ccc(C(C)(C)C)cc3)c3cc(C(C)(C)C)cc1c32. The van der Waals surface area contributed by atoms with Crippen molar-refractivity contribution >= 4 is 74.3 Å². The lowest BCUT2D eigenvalue weighted by Crippen LogP contribution is -2.61. The van der Waals surface area contributed by atoms with Crippen LogP contribution in [0.25, 0.3) is 0 Å². The molecule has 7 aromatic rings. The van der Waals surface area contributed by atoms with Gasteiger partial charge in [-0.15, -0.1) is 0 Å². The molecule has 0 aliphatic carbocycles. The molecule has 0 amide bonds. The smallest absolute Gasteiger partial charge is 0.252 e. The average Bonchev–Trinajstić information content (AvgIpc) is 3.27. The van der Waals surface area contributed by atoms with E-state index in [4.69, 9.17) is 0 Å². The predicted molar refractivity (Wildman–Crippen MR) is 317 cm³/mol. The van der Waals surface area contributed by atoms with Crippen molar-refractivity contribution in [3.05, 3.63) is 178 Å². The van der Waals surface area contributed by atoms with E-state index in [-0.39, 0.29) is 39.2 Å². The van der Waals surface area contributed by atoms with Gasteiger partial charge in [-0.2, -0.15) is 0 Å². The van der Waals surface area contributed by atoms with Crippen LogP contribution in [0.2, 0.25) is 0 Å². The molecule has 9 rings (SSSR count). The molecular formula is C68H82BN3. The van der Waals surface area contributed by atoms with Gasteiger partial charge in [0.25, 0.3) is 6.71 Å². The van der Waals surface area contributed by atoms with E-state index in [1.807, 2.05) is 0 Å². The fourth-order valence-electron chi connectivity index (χ4n) is 11.1. The van der Waals surface area contributed by atoms with E-state index < -0.39 is 0 Å². The molecule has 0 unspecified atom stereocenters. The van der Waals surface area contributed by atoms with Crippen LogP contribution in [0.5, 0.6) is 0 Å². The molecule has 2 aliphatic heterocycles. The number of rotatable bonds is 5. The lowest BCUT2D eigenvalue weighted by atomic mass is 9.33. The highest BCUT2D eigenvalue weighted by molar-refractivity contribution is 7.00. The van der Waals surface area contributed by atoms with Gasteiger partial charge >= 0.3 is 0 Å². The van der Waals surface area contributed by atoms with Crippen molar-refractivity contribution in [2.45, 2.75) is 171 Å². The molecule has 72 heavy (non-hydrogen) atoms. The Morgan fingerprint density at radius 3 is 1.15 bits per heavy atom. The fourth-order valence-corrected chi connectivity index (χ4v) is 11.1. The van der Waals surface area contributed by atoms with Gasteiger partial charge in [-0.05, 0) is 174 Å². The Morgan fingerprint density at radius 2 is 0.708 bits per heavy atom. The fraction of sp³-hybridized carbons (Fsp3) is 0.382. The summed E-state index contributed by atoms with van der Waals surface area (Å²) in [5.41, 5.74) is 25.3. The normalized spacial score (nSPS) is 14.0. The first kappa shape index (κ1) is 50.9. The molecule has 0 spiro atoms. The van der Waals surface area contributed by atoms with Crippen molar-refractivity contribution < 1.29 is 0 Å². The Balaban J connectivity index is 1.39. The van der Waals surface area contributed by atoms with Crippen molar-refractivity contribution in [2.75, 3.05) is 14.7 Å². The summed E-state index contributed by atoms with van der Waals surface area (Å²) in [6, 6.07) is 52.7. The van der Waals surface area contributed by atoms with Crippen LogP contribution in [0.15, 0.2) is 133 Å². The van der Waals surface area contributed by atoms with Crippen molar-refractivity contribution in [3.63, 3.8) is 0 Å². The summed E-state index contributed by atoms with van der Waals surface area (Å²) in [5, 5.41) is 0. The van der Waals surface area contributed by atoms with Gasteiger partial charge in [0.05, 0.1) is 5.69 Å². The third-order valence-electron chi connectivity index (χ3n) is 15.6. The van der Waals surface area contributed by atoms with Crippen LogP contribution in [0, 0.1) is 13.8 Å². The van der Waals surface area contributed by atoms with Crippen LogP contribution in [0.1, 0.15) is 169 Å². The topological polar surface area (TPSA) is 9.72 Å². The lowest BCUT2D eigenvalue weighted by Gasteiger charge is -2.46. The molecule has 0 bridgehead atoms. The minimum absolute atomic E-state index is 0.0146. The van der Waals surface area contributed by atoms with E-state index in [2.05, 4.69) is 287 Å². The van der Waals surface area contributed by atoms with Crippen molar-refractivity contribution in [2.24, 2.45) is 0 Å². The van der Waals surface area contributed by atoms with Gasteiger partial charge in [0.2, 0.25) is 0 Å². The Hall–Kier alpha value is -6.00. The average molecular weight is 952 g/mol. The summed E-state index contributed by atoms with van der Waals surface area (Å²) in [4.78, 5) is 7.72. The number of anilines is 9. The highest BCUT2D eigenvalue weighted by atomic mass is 15.2. The molecule has 7 aromatic carbocycles. The monoisotopic (exact) mass is 952 g/mol. The lowest BCUT2D eigenvalue weighted by molar-refractivity contribution is 0.589. The summed E-state index contributed by atoms with van der Waals surface area (Å²) in [6.45, 7) is 46.5. The van der Waals surface area contributed by atoms with Gasteiger partial charge in [0.1, 0.15) is 0 Å². The number of fused-ring (bicyclic) bond motifs is 4. The maximum absolute atomic E-state index is 2.65.